The zero-order chi connectivity index (χ0) is 13.7. The van der Waals surface area contributed by atoms with Crippen LogP contribution in [0.25, 0.3) is 0 Å². The molecule has 1 atom stereocenters. The Kier molecular flexibility index (Phi) is 4.66. The van der Waals surface area contributed by atoms with Crippen molar-refractivity contribution in [2.45, 2.75) is 32.7 Å². The van der Waals surface area contributed by atoms with Crippen molar-refractivity contribution >= 4 is 0 Å². The van der Waals surface area contributed by atoms with Crippen LogP contribution in [-0.4, -0.2) is 4.98 Å². The number of hydrazine groups is 1. The molecule has 3 heteroatoms. The molecule has 19 heavy (non-hydrogen) atoms. The van der Waals surface area contributed by atoms with Gasteiger partial charge in [0.1, 0.15) is 0 Å². The smallest absolute Gasteiger partial charge is 0.0478 e. The number of nitrogens with one attached hydrogen (secondary N) is 1. The second-order valence-electron chi connectivity index (χ2n) is 5.04. The van der Waals surface area contributed by atoms with Crippen molar-refractivity contribution in [2.75, 3.05) is 0 Å². The van der Waals surface area contributed by atoms with Crippen molar-refractivity contribution in [1.29, 1.82) is 0 Å². The summed E-state index contributed by atoms with van der Waals surface area (Å²) in [6.45, 7) is 4.15. The lowest BCUT2D eigenvalue weighted by atomic mass is 9.99. The van der Waals surface area contributed by atoms with Crippen LogP contribution in [0, 0.1) is 13.8 Å². The summed E-state index contributed by atoms with van der Waals surface area (Å²) in [5.74, 6) is 5.67. The molecule has 2 rings (SSSR count). The van der Waals surface area contributed by atoms with E-state index in [0.717, 1.165) is 24.0 Å². The Balaban J connectivity index is 2.01. The number of nitrogens with zero attached hydrogens (tertiary/aromatic N) is 1. The Hall–Kier alpha value is -1.71. The molecule has 1 aromatic carbocycles. The third kappa shape index (κ3) is 3.88. The fourth-order valence-electron chi connectivity index (χ4n) is 2.18. The molecule has 1 heterocycles. The van der Waals surface area contributed by atoms with Crippen LogP contribution in [0.4, 0.5) is 0 Å². The maximum Gasteiger partial charge on any atom is 0.0478 e. The summed E-state index contributed by atoms with van der Waals surface area (Å²) in [4.78, 5) is 4.22. The number of hydrogen-bond donors (Lipinski definition) is 2. The maximum absolute atomic E-state index is 5.67. The molecule has 100 valence electrons. The zero-order valence-electron chi connectivity index (χ0n) is 11.6. The second-order valence-corrected chi connectivity index (χ2v) is 5.04. The molecule has 0 aliphatic rings. The normalized spacial score (nSPS) is 12.4. The number of benzene rings is 1. The van der Waals surface area contributed by atoms with E-state index >= 15 is 0 Å². The van der Waals surface area contributed by atoms with Crippen molar-refractivity contribution in [3.8, 4) is 0 Å². The minimum atomic E-state index is 0.147. The summed E-state index contributed by atoms with van der Waals surface area (Å²) in [6, 6.07) is 10.9. The van der Waals surface area contributed by atoms with E-state index in [1.165, 1.54) is 11.1 Å². The molecular weight excluding hydrogens is 234 g/mol. The minimum Gasteiger partial charge on any atom is -0.271 e. The molecule has 0 aliphatic carbocycles. The highest BCUT2D eigenvalue weighted by molar-refractivity contribution is 5.23. The van der Waals surface area contributed by atoms with Gasteiger partial charge in [-0.25, -0.2) is 0 Å². The van der Waals surface area contributed by atoms with E-state index in [2.05, 4.69) is 47.7 Å². The highest BCUT2D eigenvalue weighted by Gasteiger charge is 2.10. The van der Waals surface area contributed by atoms with E-state index in [4.69, 9.17) is 5.84 Å². The molecule has 0 amide bonds. The maximum atomic E-state index is 5.67. The third-order valence-electron chi connectivity index (χ3n) is 3.34. The summed E-state index contributed by atoms with van der Waals surface area (Å²) < 4.78 is 0. The average Bonchev–Trinajstić information content (AvgIpc) is 2.42. The van der Waals surface area contributed by atoms with Crippen molar-refractivity contribution in [3.05, 3.63) is 65.0 Å². The first-order valence-corrected chi connectivity index (χ1v) is 6.62. The number of hydrogen-bond acceptors (Lipinski definition) is 3. The first-order valence-electron chi connectivity index (χ1n) is 6.62. The van der Waals surface area contributed by atoms with Gasteiger partial charge in [-0.1, -0.05) is 35.9 Å². The lowest BCUT2D eigenvalue weighted by Gasteiger charge is -2.16. The van der Waals surface area contributed by atoms with Gasteiger partial charge in [0.2, 0.25) is 0 Å². The topological polar surface area (TPSA) is 50.9 Å². The lowest BCUT2D eigenvalue weighted by molar-refractivity contribution is 0.514. The predicted molar refractivity (Wildman–Crippen MR) is 78.5 cm³/mol. The summed E-state index contributed by atoms with van der Waals surface area (Å²) in [7, 11) is 0. The molecule has 3 nitrogen and oxygen atoms in total. The molecule has 0 bridgehead atoms. The van der Waals surface area contributed by atoms with Gasteiger partial charge in [0.05, 0.1) is 0 Å². The third-order valence-corrected chi connectivity index (χ3v) is 3.34. The van der Waals surface area contributed by atoms with Crippen molar-refractivity contribution in [3.63, 3.8) is 0 Å². The summed E-state index contributed by atoms with van der Waals surface area (Å²) in [6.07, 6.45) is 5.71. The SMILES string of the molecule is Cc1ccc(CCC(NN)c2cncc(C)c2)cc1. The highest BCUT2D eigenvalue weighted by Crippen LogP contribution is 2.18. The number of nitrogens with two attached hydrogens (primary N) is 1. The van der Waals surface area contributed by atoms with Crippen molar-refractivity contribution < 1.29 is 0 Å². The number of aromatic nitrogens is 1. The van der Waals surface area contributed by atoms with Crippen molar-refractivity contribution in [1.82, 2.24) is 10.4 Å². The molecule has 0 aliphatic heterocycles. The molecule has 2 aromatic rings. The second kappa shape index (κ2) is 6.45. The van der Waals surface area contributed by atoms with Crippen LogP contribution >= 0.6 is 0 Å². The Labute approximate surface area is 114 Å². The summed E-state index contributed by atoms with van der Waals surface area (Å²) in [5.41, 5.74) is 7.83. The van der Waals surface area contributed by atoms with E-state index in [9.17, 15) is 0 Å². The van der Waals surface area contributed by atoms with Gasteiger partial charge in [-0.2, -0.15) is 0 Å². The van der Waals surface area contributed by atoms with Gasteiger partial charge in [-0.15, -0.1) is 0 Å². The fourth-order valence-corrected chi connectivity index (χ4v) is 2.18. The molecular formula is C16H21N3. The van der Waals surface area contributed by atoms with Gasteiger partial charge >= 0.3 is 0 Å². The lowest BCUT2D eigenvalue weighted by Crippen LogP contribution is -2.28. The zero-order valence-corrected chi connectivity index (χ0v) is 11.6. The van der Waals surface area contributed by atoms with E-state index in [0.29, 0.717) is 0 Å². The molecule has 0 saturated carbocycles. The predicted octanol–water partition coefficient (Wildman–Crippen LogP) is 2.84. The Morgan fingerprint density at radius 2 is 1.84 bits per heavy atom. The van der Waals surface area contributed by atoms with E-state index in [-0.39, 0.29) is 6.04 Å². The Morgan fingerprint density at radius 3 is 2.47 bits per heavy atom. The average molecular weight is 255 g/mol. The van der Waals surface area contributed by atoms with Gasteiger partial charge in [0, 0.05) is 18.4 Å². The molecule has 0 spiro atoms. The summed E-state index contributed by atoms with van der Waals surface area (Å²) >= 11 is 0. The largest absolute Gasteiger partial charge is 0.271 e. The number of pyridine rings is 1. The molecule has 0 fully saturated rings. The molecule has 1 aromatic heterocycles. The quantitative estimate of drug-likeness (QED) is 0.638. The van der Waals surface area contributed by atoms with E-state index in [1.54, 1.807) is 0 Å². The standard InChI is InChI=1S/C16H21N3/c1-12-3-5-14(6-4-12)7-8-16(19-17)15-9-13(2)10-18-11-15/h3-6,9-11,16,19H,7-8,17H2,1-2H3. The molecule has 1 unspecified atom stereocenters. The van der Waals surface area contributed by atoms with Gasteiger partial charge in [-0.05, 0) is 43.4 Å². The van der Waals surface area contributed by atoms with Crippen LogP contribution in [0.15, 0.2) is 42.7 Å². The van der Waals surface area contributed by atoms with Crippen LogP contribution in [0.3, 0.4) is 0 Å². The fraction of sp³-hybridized carbons (Fsp3) is 0.312. The first-order chi connectivity index (χ1) is 9.19. The van der Waals surface area contributed by atoms with Crippen molar-refractivity contribution in [2.24, 2.45) is 5.84 Å². The number of aryl methyl sites for hydroxylation is 3. The van der Waals surface area contributed by atoms with Crippen LogP contribution in [0.2, 0.25) is 0 Å². The van der Waals surface area contributed by atoms with Crippen LogP contribution in [0.1, 0.15) is 34.7 Å². The monoisotopic (exact) mass is 255 g/mol. The summed E-state index contributed by atoms with van der Waals surface area (Å²) in [5, 5.41) is 0. The first kappa shape index (κ1) is 13.7. The minimum absolute atomic E-state index is 0.147. The van der Waals surface area contributed by atoms with Gasteiger partial charge in [0.15, 0.2) is 0 Å². The molecule has 0 radical (unpaired) electrons. The van der Waals surface area contributed by atoms with Gasteiger partial charge in [-0.3, -0.25) is 16.3 Å². The Morgan fingerprint density at radius 1 is 1.11 bits per heavy atom. The molecule has 0 saturated heterocycles. The molecule has 3 N–H and O–H groups in total. The van der Waals surface area contributed by atoms with Crippen LogP contribution in [-0.2, 0) is 6.42 Å². The van der Waals surface area contributed by atoms with E-state index < -0.39 is 0 Å². The van der Waals surface area contributed by atoms with E-state index in [1.807, 2.05) is 19.3 Å². The van der Waals surface area contributed by atoms with Gasteiger partial charge < -0.3 is 0 Å². The number of rotatable bonds is 5. The van der Waals surface area contributed by atoms with Crippen LogP contribution < -0.4 is 11.3 Å². The van der Waals surface area contributed by atoms with Gasteiger partial charge in [0.25, 0.3) is 0 Å². The van der Waals surface area contributed by atoms with Crippen LogP contribution in [0.5, 0.6) is 0 Å². The highest BCUT2D eigenvalue weighted by atomic mass is 15.2. The Bertz CT molecular complexity index is 520.